The highest BCUT2D eigenvalue weighted by atomic mass is 16.5. The van der Waals surface area contributed by atoms with Gasteiger partial charge in [0.2, 0.25) is 11.4 Å². The SMILES string of the molecule is COc1cc(NC(=O)c2cc[nH]c(=O)c2)nn1C. The lowest BCUT2D eigenvalue weighted by molar-refractivity contribution is 0.102. The third kappa shape index (κ3) is 2.40. The number of aryl methyl sites for hydroxylation is 1. The molecule has 0 aliphatic carbocycles. The van der Waals surface area contributed by atoms with E-state index in [2.05, 4.69) is 15.4 Å². The predicted octanol–water partition coefficient (Wildman–Crippen LogP) is 0.369. The van der Waals surface area contributed by atoms with E-state index < -0.39 is 5.91 Å². The second-order valence-electron chi connectivity index (χ2n) is 3.59. The maximum Gasteiger partial charge on any atom is 0.257 e. The van der Waals surface area contributed by atoms with Crippen LogP contribution in [0.3, 0.4) is 0 Å². The Balaban J connectivity index is 2.18. The Labute approximate surface area is 102 Å². The van der Waals surface area contributed by atoms with Gasteiger partial charge in [0, 0.05) is 30.9 Å². The molecule has 0 saturated heterocycles. The molecular weight excluding hydrogens is 236 g/mol. The minimum absolute atomic E-state index is 0.267. The number of aromatic nitrogens is 3. The maximum absolute atomic E-state index is 11.8. The fourth-order valence-electron chi connectivity index (χ4n) is 1.48. The Kier molecular flexibility index (Phi) is 3.13. The first-order chi connectivity index (χ1) is 8.60. The molecule has 2 rings (SSSR count). The second kappa shape index (κ2) is 4.74. The second-order valence-corrected chi connectivity index (χ2v) is 3.59. The number of nitrogens with one attached hydrogen (secondary N) is 2. The van der Waals surface area contributed by atoms with E-state index in [-0.39, 0.29) is 11.1 Å². The van der Waals surface area contributed by atoms with Gasteiger partial charge in [-0.1, -0.05) is 0 Å². The maximum atomic E-state index is 11.8. The summed E-state index contributed by atoms with van der Waals surface area (Å²) in [4.78, 5) is 25.3. The molecule has 0 bridgehead atoms. The molecule has 0 saturated carbocycles. The van der Waals surface area contributed by atoms with Crippen LogP contribution in [-0.2, 0) is 7.05 Å². The first-order valence-corrected chi connectivity index (χ1v) is 5.18. The van der Waals surface area contributed by atoms with Gasteiger partial charge in [-0.2, -0.15) is 5.10 Å². The molecule has 0 spiro atoms. The lowest BCUT2D eigenvalue weighted by Crippen LogP contribution is -2.15. The van der Waals surface area contributed by atoms with Crippen molar-refractivity contribution >= 4 is 11.7 Å². The standard InChI is InChI=1S/C11H12N4O3/c1-15-10(18-2)6-8(14-15)13-11(17)7-3-4-12-9(16)5-7/h3-6H,1-2H3,(H,12,16)(H,13,14,17). The zero-order valence-electron chi connectivity index (χ0n) is 9.93. The molecule has 7 nitrogen and oxygen atoms in total. The summed E-state index contributed by atoms with van der Waals surface area (Å²) in [6, 6.07) is 4.32. The zero-order valence-corrected chi connectivity index (χ0v) is 9.93. The quantitative estimate of drug-likeness (QED) is 0.821. The van der Waals surface area contributed by atoms with Gasteiger partial charge in [-0.05, 0) is 6.07 Å². The van der Waals surface area contributed by atoms with Crippen LogP contribution in [0, 0.1) is 0 Å². The number of H-pyrrole nitrogens is 1. The normalized spacial score (nSPS) is 10.1. The highest BCUT2D eigenvalue weighted by molar-refractivity contribution is 6.03. The molecule has 0 radical (unpaired) electrons. The first-order valence-electron chi connectivity index (χ1n) is 5.18. The predicted molar refractivity (Wildman–Crippen MR) is 64.8 cm³/mol. The smallest absolute Gasteiger partial charge is 0.257 e. The van der Waals surface area contributed by atoms with Crippen LogP contribution < -0.4 is 15.6 Å². The number of carbonyl (C=O) groups excluding carboxylic acids is 1. The Bertz CT molecular complexity index is 629. The van der Waals surface area contributed by atoms with Gasteiger partial charge in [-0.3, -0.25) is 9.59 Å². The number of amides is 1. The number of methoxy groups -OCH3 is 1. The van der Waals surface area contributed by atoms with Gasteiger partial charge in [0.05, 0.1) is 7.11 Å². The van der Waals surface area contributed by atoms with Crippen LogP contribution in [-0.4, -0.2) is 27.8 Å². The molecule has 2 aromatic heterocycles. The molecule has 0 aliphatic rings. The van der Waals surface area contributed by atoms with Crippen molar-refractivity contribution in [2.75, 3.05) is 12.4 Å². The molecule has 0 unspecified atom stereocenters. The highest BCUT2D eigenvalue weighted by Crippen LogP contribution is 2.15. The van der Waals surface area contributed by atoms with Gasteiger partial charge >= 0.3 is 0 Å². The highest BCUT2D eigenvalue weighted by Gasteiger charge is 2.10. The van der Waals surface area contributed by atoms with Crippen LogP contribution >= 0.6 is 0 Å². The minimum atomic E-state index is -0.401. The number of rotatable bonds is 3. The Morgan fingerprint density at radius 1 is 1.50 bits per heavy atom. The van der Waals surface area contributed by atoms with E-state index in [1.54, 1.807) is 13.1 Å². The molecule has 18 heavy (non-hydrogen) atoms. The lowest BCUT2D eigenvalue weighted by Gasteiger charge is -2.00. The fourth-order valence-corrected chi connectivity index (χ4v) is 1.48. The van der Waals surface area contributed by atoms with Crippen molar-refractivity contribution in [3.05, 3.63) is 40.3 Å². The fraction of sp³-hybridized carbons (Fsp3) is 0.182. The van der Waals surface area contributed by atoms with Gasteiger partial charge in [0.1, 0.15) is 0 Å². The minimum Gasteiger partial charge on any atom is -0.481 e. The number of hydrogen-bond acceptors (Lipinski definition) is 4. The van der Waals surface area contributed by atoms with E-state index in [0.29, 0.717) is 11.7 Å². The molecule has 0 aliphatic heterocycles. The Morgan fingerprint density at radius 3 is 2.89 bits per heavy atom. The van der Waals surface area contributed by atoms with E-state index in [1.807, 2.05) is 0 Å². The van der Waals surface area contributed by atoms with Crippen LogP contribution in [0.4, 0.5) is 5.82 Å². The van der Waals surface area contributed by atoms with Crippen molar-refractivity contribution < 1.29 is 9.53 Å². The summed E-state index contributed by atoms with van der Waals surface area (Å²) < 4.78 is 6.52. The number of pyridine rings is 1. The molecule has 2 heterocycles. The van der Waals surface area contributed by atoms with Crippen molar-refractivity contribution in [2.24, 2.45) is 7.05 Å². The molecule has 0 aromatic carbocycles. The zero-order chi connectivity index (χ0) is 13.1. The van der Waals surface area contributed by atoms with Crippen molar-refractivity contribution in [3.8, 4) is 5.88 Å². The number of nitrogens with zero attached hydrogens (tertiary/aromatic N) is 2. The van der Waals surface area contributed by atoms with Crippen LogP contribution in [0.25, 0.3) is 0 Å². The number of hydrogen-bond donors (Lipinski definition) is 2. The van der Waals surface area contributed by atoms with Gasteiger partial charge < -0.3 is 15.0 Å². The van der Waals surface area contributed by atoms with Crippen LogP contribution in [0.2, 0.25) is 0 Å². The van der Waals surface area contributed by atoms with Crippen molar-refractivity contribution in [2.45, 2.75) is 0 Å². The van der Waals surface area contributed by atoms with E-state index in [9.17, 15) is 9.59 Å². The molecular formula is C11H12N4O3. The van der Waals surface area contributed by atoms with E-state index in [4.69, 9.17) is 4.74 Å². The summed E-state index contributed by atoms with van der Waals surface area (Å²) in [6.45, 7) is 0. The molecule has 94 valence electrons. The largest absolute Gasteiger partial charge is 0.481 e. The molecule has 1 amide bonds. The number of aromatic amines is 1. The van der Waals surface area contributed by atoms with Crippen molar-refractivity contribution in [1.82, 2.24) is 14.8 Å². The molecule has 2 aromatic rings. The summed E-state index contributed by atoms with van der Waals surface area (Å²) in [5.41, 5.74) is -0.0652. The number of carbonyl (C=O) groups is 1. The molecule has 2 N–H and O–H groups in total. The average molecular weight is 248 g/mol. The van der Waals surface area contributed by atoms with Crippen molar-refractivity contribution in [1.29, 1.82) is 0 Å². The average Bonchev–Trinajstić information content (AvgIpc) is 2.69. The topological polar surface area (TPSA) is 89.0 Å². The summed E-state index contributed by atoms with van der Waals surface area (Å²) in [5, 5.41) is 6.62. The van der Waals surface area contributed by atoms with Crippen LogP contribution in [0.5, 0.6) is 5.88 Å². The Morgan fingerprint density at radius 2 is 2.28 bits per heavy atom. The van der Waals surface area contributed by atoms with E-state index >= 15 is 0 Å². The van der Waals surface area contributed by atoms with E-state index in [0.717, 1.165) is 0 Å². The number of anilines is 1. The third-order valence-electron chi connectivity index (χ3n) is 2.32. The number of ether oxygens (including phenoxy) is 1. The first kappa shape index (κ1) is 11.9. The van der Waals surface area contributed by atoms with E-state index in [1.165, 1.54) is 30.1 Å². The van der Waals surface area contributed by atoms with Crippen LogP contribution in [0.1, 0.15) is 10.4 Å². The molecule has 0 atom stereocenters. The van der Waals surface area contributed by atoms with Crippen molar-refractivity contribution in [3.63, 3.8) is 0 Å². The van der Waals surface area contributed by atoms with Crippen LogP contribution in [0.15, 0.2) is 29.2 Å². The summed E-state index contributed by atoms with van der Waals surface area (Å²) in [6.07, 6.45) is 1.41. The monoisotopic (exact) mass is 248 g/mol. The van der Waals surface area contributed by atoms with Gasteiger partial charge in [-0.15, -0.1) is 0 Å². The lowest BCUT2D eigenvalue weighted by atomic mass is 10.2. The third-order valence-corrected chi connectivity index (χ3v) is 2.32. The molecule has 7 heteroatoms. The summed E-state index contributed by atoms with van der Waals surface area (Å²) >= 11 is 0. The van der Waals surface area contributed by atoms with Gasteiger partial charge in [0.15, 0.2) is 5.82 Å². The van der Waals surface area contributed by atoms with Gasteiger partial charge in [0.25, 0.3) is 5.91 Å². The summed E-state index contributed by atoms with van der Waals surface area (Å²) in [7, 11) is 3.21. The van der Waals surface area contributed by atoms with Gasteiger partial charge in [-0.25, -0.2) is 4.68 Å². The molecule has 0 fully saturated rings. The summed E-state index contributed by atoms with van der Waals surface area (Å²) in [5.74, 6) is 0.484. The Hall–Kier alpha value is -2.57.